The lowest BCUT2D eigenvalue weighted by atomic mass is 10.2. The van der Waals surface area contributed by atoms with Gasteiger partial charge in [-0.2, -0.15) is 4.31 Å². The zero-order valence-electron chi connectivity index (χ0n) is 13.5. The Balaban J connectivity index is 2.07. The van der Waals surface area contributed by atoms with Crippen LogP contribution in [0.15, 0.2) is 0 Å². The van der Waals surface area contributed by atoms with E-state index in [0.717, 1.165) is 17.1 Å². The van der Waals surface area contributed by atoms with Crippen molar-refractivity contribution in [2.24, 2.45) is 0 Å². The lowest BCUT2D eigenvalue weighted by molar-refractivity contribution is 0.0701. The summed E-state index contributed by atoms with van der Waals surface area (Å²) in [4.78, 5) is 19.4. The van der Waals surface area contributed by atoms with E-state index < -0.39 is 15.3 Å². The molecule has 0 saturated carbocycles. The lowest BCUT2D eigenvalue weighted by Crippen LogP contribution is -2.51. The molecule has 1 aliphatic rings. The predicted molar refractivity (Wildman–Crippen MR) is 87.8 cm³/mol. The van der Waals surface area contributed by atoms with Crippen LogP contribution in [-0.4, -0.2) is 59.9 Å². The molecular formula is C14H23N3O3S2. The highest BCUT2D eigenvalue weighted by Gasteiger charge is 2.32. The number of hydrogen-bond donors (Lipinski definition) is 0. The van der Waals surface area contributed by atoms with Crippen LogP contribution in [0.4, 0.5) is 0 Å². The van der Waals surface area contributed by atoms with Gasteiger partial charge in [-0.1, -0.05) is 6.92 Å². The molecule has 2 rings (SSSR count). The molecule has 1 saturated heterocycles. The maximum atomic E-state index is 12.6. The van der Waals surface area contributed by atoms with Crippen molar-refractivity contribution in [1.29, 1.82) is 0 Å². The molecule has 6 nitrogen and oxygen atoms in total. The second kappa shape index (κ2) is 6.64. The van der Waals surface area contributed by atoms with Crippen LogP contribution in [0.2, 0.25) is 0 Å². The Bertz CT molecular complexity index is 644. The third kappa shape index (κ3) is 3.33. The Morgan fingerprint density at radius 3 is 2.36 bits per heavy atom. The quantitative estimate of drug-likeness (QED) is 0.829. The highest BCUT2D eigenvalue weighted by molar-refractivity contribution is 7.89. The molecular weight excluding hydrogens is 322 g/mol. The number of piperazine rings is 1. The highest BCUT2D eigenvalue weighted by Crippen LogP contribution is 2.22. The summed E-state index contributed by atoms with van der Waals surface area (Å²) in [6, 6.07) is 0. The molecule has 0 atom stereocenters. The second-order valence-corrected chi connectivity index (χ2v) is 9.34. The first-order valence-corrected chi connectivity index (χ1v) is 9.83. The van der Waals surface area contributed by atoms with E-state index >= 15 is 0 Å². The number of amides is 1. The van der Waals surface area contributed by atoms with Gasteiger partial charge in [-0.3, -0.25) is 4.79 Å². The van der Waals surface area contributed by atoms with Crippen molar-refractivity contribution < 1.29 is 13.2 Å². The van der Waals surface area contributed by atoms with E-state index in [4.69, 9.17) is 0 Å². The van der Waals surface area contributed by atoms with E-state index in [1.54, 1.807) is 18.7 Å². The minimum atomic E-state index is -3.24. The Morgan fingerprint density at radius 2 is 1.86 bits per heavy atom. The van der Waals surface area contributed by atoms with Crippen LogP contribution in [0.25, 0.3) is 0 Å². The first-order valence-electron chi connectivity index (χ1n) is 7.52. The Morgan fingerprint density at radius 1 is 1.27 bits per heavy atom. The van der Waals surface area contributed by atoms with E-state index in [-0.39, 0.29) is 5.91 Å². The summed E-state index contributed by atoms with van der Waals surface area (Å²) >= 11 is 1.42. The fourth-order valence-electron chi connectivity index (χ4n) is 2.46. The number of carbonyl (C=O) groups is 1. The Labute approximate surface area is 136 Å². The van der Waals surface area contributed by atoms with Gasteiger partial charge in [0.15, 0.2) is 0 Å². The van der Waals surface area contributed by atoms with Gasteiger partial charge in [-0.15, -0.1) is 11.3 Å². The van der Waals surface area contributed by atoms with Crippen LogP contribution in [-0.2, 0) is 16.4 Å². The monoisotopic (exact) mass is 345 g/mol. The number of aromatic nitrogens is 1. The van der Waals surface area contributed by atoms with Gasteiger partial charge < -0.3 is 4.90 Å². The van der Waals surface area contributed by atoms with E-state index in [1.165, 1.54) is 15.6 Å². The molecule has 2 heterocycles. The Kier molecular flexibility index (Phi) is 5.24. The van der Waals surface area contributed by atoms with Gasteiger partial charge in [-0.25, -0.2) is 13.4 Å². The molecule has 0 bridgehead atoms. The average molecular weight is 345 g/mol. The van der Waals surface area contributed by atoms with Crippen LogP contribution in [0.3, 0.4) is 0 Å². The molecule has 0 aromatic carbocycles. The average Bonchev–Trinajstić information content (AvgIpc) is 2.87. The number of aryl methyl sites for hydroxylation is 2. The molecule has 124 valence electrons. The van der Waals surface area contributed by atoms with Crippen LogP contribution >= 0.6 is 11.3 Å². The van der Waals surface area contributed by atoms with Crippen molar-refractivity contribution in [3.63, 3.8) is 0 Å². The van der Waals surface area contributed by atoms with E-state index in [2.05, 4.69) is 4.98 Å². The van der Waals surface area contributed by atoms with Crippen molar-refractivity contribution in [2.75, 3.05) is 26.2 Å². The third-order valence-corrected chi connectivity index (χ3v) is 7.09. The summed E-state index contributed by atoms with van der Waals surface area (Å²) in [6.07, 6.45) is 0.729. The molecule has 1 aromatic heterocycles. The van der Waals surface area contributed by atoms with Crippen LogP contribution in [0, 0.1) is 6.92 Å². The second-order valence-electron chi connectivity index (χ2n) is 5.65. The fraction of sp³-hybridized carbons (Fsp3) is 0.714. The summed E-state index contributed by atoms with van der Waals surface area (Å²) in [7, 11) is -3.24. The van der Waals surface area contributed by atoms with E-state index in [9.17, 15) is 13.2 Å². The van der Waals surface area contributed by atoms with Crippen LogP contribution in [0.5, 0.6) is 0 Å². The number of thiazole rings is 1. The van der Waals surface area contributed by atoms with E-state index in [0.29, 0.717) is 31.1 Å². The molecule has 0 unspecified atom stereocenters. The molecule has 0 radical (unpaired) electrons. The highest BCUT2D eigenvalue weighted by atomic mass is 32.2. The smallest absolute Gasteiger partial charge is 0.265 e. The number of rotatable bonds is 4. The minimum absolute atomic E-state index is 0.0240. The van der Waals surface area contributed by atoms with Crippen molar-refractivity contribution in [3.8, 4) is 0 Å². The topological polar surface area (TPSA) is 70.6 Å². The fourth-order valence-corrected chi connectivity index (χ4v) is 4.71. The molecule has 0 aliphatic carbocycles. The third-order valence-electron chi connectivity index (χ3n) is 3.81. The van der Waals surface area contributed by atoms with Crippen LogP contribution < -0.4 is 0 Å². The van der Waals surface area contributed by atoms with Gasteiger partial charge in [0.25, 0.3) is 5.91 Å². The number of carbonyl (C=O) groups excluding carboxylic acids is 1. The van der Waals surface area contributed by atoms with Gasteiger partial charge in [0.05, 0.1) is 16.0 Å². The molecule has 0 N–H and O–H groups in total. The number of sulfonamides is 1. The molecule has 1 fully saturated rings. The predicted octanol–water partition coefficient (Wildman–Crippen LogP) is 1.51. The summed E-state index contributed by atoms with van der Waals surface area (Å²) in [6.45, 7) is 8.85. The molecule has 1 amide bonds. The van der Waals surface area contributed by atoms with Gasteiger partial charge in [0.1, 0.15) is 4.88 Å². The maximum Gasteiger partial charge on any atom is 0.265 e. The molecule has 1 aliphatic heterocycles. The molecule has 1 aromatic rings. The van der Waals surface area contributed by atoms with E-state index in [1.807, 2.05) is 13.8 Å². The number of nitrogens with zero attached hydrogens (tertiary/aromatic N) is 3. The summed E-state index contributed by atoms with van der Waals surface area (Å²) in [5, 5.41) is 0.465. The van der Waals surface area contributed by atoms with Crippen LogP contribution in [0.1, 0.15) is 41.1 Å². The van der Waals surface area contributed by atoms with Crippen molar-refractivity contribution >= 4 is 27.3 Å². The molecule has 0 spiro atoms. The zero-order chi connectivity index (χ0) is 16.5. The first-order chi connectivity index (χ1) is 10.3. The zero-order valence-corrected chi connectivity index (χ0v) is 15.1. The molecule has 22 heavy (non-hydrogen) atoms. The van der Waals surface area contributed by atoms with Gasteiger partial charge in [0, 0.05) is 26.2 Å². The van der Waals surface area contributed by atoms with Gasteiger partial charge in [0.2, 0.25) is 10.0 Å². The summed E-state index contributed by atoms with van der Waals surface area (Å²) in [5.74, 6) is -0.0240. The van der Waals surface area contributed by atoms with Gasteiger partial charge >= 0.3 is 0 Å². The van der Waals surface area contributed by atoms with Crippen molar-refractivity contribution in [3.05, 3.63) is 15.6 Å². The lowest BCUT2D eigenvalue weighted by Gasteiger charge is -2.34. The largest absolute Gasteiger partial charge is 0.335 e. The number of hydrogen-bond acceptors (Lipinski definition) is 5. The Hall–Kier alpha value is -0.990. The van der Waals surface area contributed by atoms with Crippen molar-refractivity contribution in [1.82, 2.24) is 14.2 Å². The van der Waals surface area contributed by atoms with Crippen molar-refractivity contribution in [2.45, 2.75) is 39.4 Å². The maximum absolute atomic E-state index is 12.6. The minimum Gasteiger partial charge on any atom is -0.335 e. The first kappa shape index (κ1) is 17.4. The normalized spacial score (nSPS) is 17.2. The summed E-state index contributed by atoms with van der Waals surface area (Å²) in [5.41, 5.74) is 0.838. The SMILES string of the molecule is CCc1nc(C)sc1C(=O)N1CCN(S(=O)(=O)C(C)C)CC1. The summed E-state index contributed by atoms with van der Waals surface area (Å²) < 4.78 is 25.8. The van der Waals surface area contributed by atoms with Gasteiger partial charge in [-0.05, 0) is 27.2 Å². The molecule has 8 heteroatoms. The standard InChI is InChI=1S/C14H23N3O3S2/c1-5-12-13(21-11(4)15-12)14(18)16-6-8-17(9-7-16)22(19,20)10(2)3/h10H,5-9H2,1-4H3.